The Balaban J connectivity index is 1.79. The van der Waals surface area contributed by atoms with Crippen molar-refractivity contribution in [1.82, 2.24) is 0 Å². The molecule has 0 fully saturated rings. The quantitative estimate of drug-likeness (QED) is 0.445. The maximum absolute atomic E-state index is 5.88. The Morgan fingerprint density at radius 2 is 1.65 bits per heavy atom. The molecule has 142 valence electrons. The van der Waals surface area contributed by atoms with E-state index in [9.17, 15) is 0 Å². The second-order valence-corrected chi connectivity index (χ2v) is 6.96. The highest BCUT2D eigenvalue weighted by atomic mass is 16.5. The van der Waals surface area contributed by atoms with E-state index >= 15 is 0 Å². The van der Waals surface area contributed by atoms with Gasteiger partial charge in [0.2, 0.25) is 0 Å². The summed E-state index contributed by atoms with van der Waals surface area (Å²) in [4.78, 5) is 0. The van der Waals surface area contributed by atoms with Crippen LogP contribution in [0.4, 0.5) is 5.69 Å². The summed E-state index contributed by atoms with van der Waals surface area (Å²) in [5.41, 5.74) is 2.27. The predicted octanol–water partition coefficient (Wildman–Crippen LogP) is 6.44. The highest BCUT2D eigenvalue weighted by Crippen LogP contribution is 2.20. The van der Waals surface area contributed by atoms with Gasteiger partial charge in [0.05, 0.1) is 12.7 Å². The first-order chi connectivity index (χ1) is 12.7. The van der Waals surface area contributed by atoms with Crippen LogP contribution in [0.15, 0.2) is 48.5 Å². The Morgan fingerprint density at radius 3 is 2.46 bits per heavy atom. The smallest absolute Gasteiger partial charge is 0.121 e. The number of anilines is 1. The number of unbranched alkanes of at least 4 members (excludes halogenated alkanes) is 4. The fourth-order valence-electron chi connectivity index (χ4n) is 2.80. The van der Waals surface area contributed by atoms with Gasteiger partial charge in [-0.05, 0) is 50.1 Å². The van der Waals surface area contributed by atoms with E-state index in [-0.39, 0.29) is 6.10 Å². The molecule has 3 heteroatoms. The zero-order valence-corrected chi connectivity index (χ0v) is 16.5. The van der Waals surface area contributed by atoms with Gasteiger partial charge in [-0.2, -0.15) is 0 Å². The minimum atomic E-state index is 0.189. The molecule has 0 unspecified atom stereocenters. The van der Waals surface area contributed by atoms with Gasteiger partial charge in [0, 0.05) is 18.3 Å². The zero-order valence-electron chi connectivity index (χ0n) is 16.5. The Bertz CT molecular complexity index is 640. The minimum absolute atomic E-state index is 0.189. The molecule has 0 saturated carbocycles. The topological polar surface area (TPSA) is 30.5 Å². The standard InChI is InChI=1S/C23H33NO2/c1-4-5-6-7-8-15-25-22-13-10-12-21(17-22)24-18-20-11-9-14-23(16-20)26-19(2)3/h9-14,16-17,19,24H,4-8,15,18H2,1-3H3. The molecule has 2 aromatic rings. The van der Waals surface area contributed by atoms with Crippen molar-refractivity contribution in [2.24, 2.45) is 0 Å². The normalized spacial score (nSPS) is 10.8. The Morgan fingerprint density at radius 1 is 0.885 bits per heavy atom. The molecule has 0 heterocycles. The molecule has 26 heavy (non-hydrogen) atoms. The average molecular weight is 356 g/mol. The molecule has 2 aromatic carbocycles. The summed E-state index contributed by atoms with van der Waals surface area (Å²) in [6, 6.07) is 16.4. The van der Waals surface area contributed by atoms with Crippen molar-refractivity contribution in [3.05, 3.63) is 54.1 Å². The molecule has 0 aromatic heterocycles. The van der Waals surface area contributed by atoms with Crippen molar-refractivity contribution in [3.8, 4) is 11.5 Å². The Hall–Kier alpha value is -2.16. The van der Waals surface area contributed by atoms with Gasteiger partial charge in [-0.15, -0.1) is 0 Å². The second-order valence-electron chi connectivity index (χ2n) is 6.96. The van der Waals surface area contributed by atoms with E-state index in [1.807, 2.05) is 38.1 Å². The molecule has 0 spiro atoms. The van der Waals surface area contributed by atoms with E-state index < -0.39 is 0 Å². The van der Waals surface area contributed by atoms with Crippen LogP contribution in [0.25, 0.3) is 0 Å². The van der Waals surface area contributed by atoms with Crippen LogP contribution in [-0.2, 0) is 6.54 Å². The van der Waals surface area contributed by atoms with Crippen LogP contribution >= 0.6 is 0 Å². The molecule has 2 rings (SSSR count). The summed E-state index contributed by atoms with van der Waals surface area (Å²) in [5.74, 6) is 1.85. The van der Waals surface area contributed by atoms with E-state index in [2.05, 4.69) is 36.5 Å². The summed E-state index contributed by atoms with van der Waals surface area (Å²) >= 11 is 0. The maximum Gasteiger partial charge on any atom is 0.121 e. The summed E-state index contributed by atoms with van der Waals surface area (Å²) in [6.07, 6.45) is 6.47. The predicted molar refractivity (Wildman–Crippen MR) is 110 cm³/mol. The van der Waals surface area contributed by atoms with Crippen molar-refractivity contribution in [1.29, 1.82) is 0 Å². The zero-order chi connectivity index (χ0) is 18.6. The molecule has 0 aliphatic heterocycles. The number of nitrogens with one attached hydrogen (secondary N) is 1. The lowest BCUT2D eigenvalue weighted by molar-refractivity contribution is 0.242. The van der Waals surface area contributed by atoms with Crippen LogP contribution in [0.1, 0.15) is 58.4 Å². The lowest BCUT2D eigenvalue weighted by atomic mass is 10.2. The van der Waals surface area contributed by atoms with Gasteiger partial charge in [-0.25, -0.2) is 0 Å². The van der Waals surface area contributed by atoms with Gasteiger partial charge < -0.3 is 14.8 Å². The highest BCUT2D eigenvalue weighted by molar-refractivity contribution is 5.48. The van der Waals surface area contributed by atoms with Crippen LogP contribution in [0.3, 0.4) is 0 Å². The van der Waals surface area contributed by atoms with Gasteiger partial charge in [-0.3, -0.25) is 0 Å². The molecule has 0 atom stereocenters. The molecule has 0 aliphatic carbocycles. The van der Waals surface area contributed by atoms with E-state index in [1.54, 1.807) is 0 Å². The lowest BCUT2D eigenvalue weighted by Gasteiger charge is -2.12. The first-order valence-corrected chi connectivity index (χ1v) is 9.89. The van der Waals surface area contributed by atoms with Crippen LogP contribution in [0, 0.1) is 0 Å². The van der Waals surface area contributed by atoms with E-state index in [0.29, 0.717) is 0 Å². The summed E-state index contributed by atoms with van der Waals surface area (Å²) in [7, 11) is 0. The van der Waals surface area contributed by atoms with Crippen molar-refractivity contribution < 1.29 is 9.47 Å². The van der Waals surface area contributed by atoms with Crippen LogP contribution < -0.4 is 14.8 Å². The minimum Gasteiger partial charge on any atom is -0.494 e. The van der Waals surface area contributed by atoms with Crippen molar-refractivity contribution in [3.63, 3.8) is 0 Å². The van der Waals surface area contributed by atoms with E-state index in [4.69, 9.17) is 9.47 Å². The number of hydrogen-bond acceptors (Lipinski definition) is 3. The molecule has 1 N–H and O–H groups in total. The van der Waals surface area contributed by atoms with Crippen LogP contribution in [0.2, 0.25) is 0 Å². The molecule has 0 radical (unpaired) electrons. The third-order valence-electron chi connectivity index (χ3n) is 4.12. The van der Waals surface area contributed by atoms with Gasteiger partial charge in [0.15, 0.2) is 0 Å². The van der Waals surface area contributed by atoms with Gasteiger partial charge in [0.1, 0.15) is 11.5 Å². The van der Waals surface area contributed by atoms with Gasteiger partial charge >= 0.3 is 0 Å². The Labute approximate surface area is 158 Å². The summed E-state index contributed by atoms with van der Waals surface area (Å²) < 4.78 is 11.6. The monoisotopic (exact) mass is 355 g/mol. The average Bonchev–Trinajstić information content (AvgIpc) is 2.63. The number of ether oxygens (including phenoxy) is 2. The Kier molecular flexibility index (Phi) is 8.88. The van der Waals surface area contributed by atoms with Gasteiger partial charge in [0.25, 0.3) is 0 Å². The van der Waals surface area contributed by atoms with Crippen LogP contribution in [-0.4, -0.2) is 12.7 Å². The number of hydrogen-bond donors (Lipinski definition) is 1. The van der Waals surface area contributed by atoms with Crippen molar-refractivity contribution in [2.45, 2.75) is 65.5 Å². The van der Waals surface area contributed by atoms with E-state index in [1.165, 1.54) is 31.2 Å². The third-order valence-corrected chi connectivity index (χ3v) is 4.12. The molecule has 0 amide bonds. The summed E-state index contributed by atoms with van der Waals surface area (Å²) in [6.45, 7) is 7.88. The molecular weight excluding hydrogens is 322 g/mol. The SMILES string of the molecule is CCCCCCCOc1cccc(NCc2cccc(OC(C)C)c2)c1. The number of rotatable bonds is 12. The second kappa shape index (κ2) is 11.5. The number of benzene rings is 2. The maximum atomic E-state index is 5.88. The molecule has 0 saturated heterocycles. The molecular formula is C23H33NO2. The van der Waals surface area contributed by atoms with Crippen molar-refractivity contribution >= 4 is 5.69 Å². The molecule has 3 nitrogen and oxygen atoms in total. The molecule has 0 bridgehead atoms. The van der Waals surface area contributed by atoms with Gasteiger partial charge in [-0.1, -0.05) is 50.8 Å². The largest absolute Gasteiger partial charge is 0.494 e. The fraction of sp³-hybridized carbons (Fsp3) is 0.478. The fourth-order valence-corrected chi connectivity index (χ4v) is 2.80. The van der Waals surface area contributed by atoms with E-state index in [0.717, 1.165) is 36.8 Å². The summed E-state index contributed by atoms with van der Waals surface area (Å²) in [5, 5.41) is 3.46. The van der Waals surface area contributed by atoms with Crippen LogP contribution in [0.5, 0.6) is 11.5 Å². The lowest BCUT2D eigenvalue weighted by Crippen LogP contribution is -2.06. The molecule has 0 aliphatic rings. The third kappa shape index (κ3) is 7.81. The van der Waals surface area contributed by atoms with Crippen molar-refractivity contribution in [2.75, 3.05) is 11.9 Å². The first-order valence-electron chi connectivity index (χ1n) is 9.89. The first kappa shape index (κ1) is 20.2. The highest BCUT2D eigenvalue weighted by Gasteiger charge is 2.01.